The minimum atomic E-state index is 0.715. The normalized spacial score (nSPS) is 17.1. The standard InChI is InChI=1S/C16H17NS/c1-11-6-7-14(17)9-16(11)18-10-13-8-12-4-2-3-5-15(12)13/h2-7,9,13H,8,10,17H2,1H3. The van der Waals surface area contributed by atoms with Crippen LogP contribution in [-0.4, -0.2) is 5.75 Å². The predicted octanol–water partition coefficient (Wildman–Crippen LogP) is 4.01. The SMILES string of the molecule is Cc1ccc(N)cc1SCC1Cc2ccccc21. The van der Waals surface area contributed by atoms with Crippen molar-refractivity contribution in [2.45, 2.75) is 24.2 Å². The summed E-state index contributed by atoms with van der Waals surface area (Å²) in [5, 5.41) is 0. The van der Waals surface area contributed by atoms with Crippen molar-refractivity contribution < 1.29 is 0 Å². The van der Waals surface area contributed by atoms with Crippen LogP contribution in [0.5, 0.6) is 0 Å². The summed E-state index contributed by atoms with van der Waals surface area (Å²) in [6.45, 7) is 2.15. The van der Waals surface area contributed by atoms with Gasteiger partial charge in [-0.2, -0.15) is 0 Å². The molecule has 0 amide bonds. The summed E-state index contributed by atoms with van der Waals surface area (Å²) >= 11 is 1.93. The number of nitrogens with two attached hydrogens (primary N) is 1. The zero-order valence-corrected chi connectivity index (χ0v) is 11.3. The molecule has 0 saturated carbocycles. The van der Waals surface area contributed by atoms with Gasteiger partial charge in [-0.3, -0.25) is 0 Å². The smallest absolute Gasteiger partial charge is 0.0325 e. The van der Waals surface area contributed by atoms with Crippen LogP contribution < -0.4 is 5.73 Å². The fourth-order valence-corrected chi connectivity index (χ4v) is 3.67. The molecule has 1 atom stereocenters. The monoisotopic (exact) mass is 255 g/mol. The van der Waals surface area contributed by atoms with E-state index in [1.807, 2.05) is 17.8 Å². The van der Waals surface area contributed by atoms with E-state index in [-0.39, 0.29) is 0 Å². The number of rotatable bonds is 3. The lowest BCUT2D eigenvalue weighted by molar-refractivity contribution is 0.677. The van der Waals surface area contributed by atoms with E-state index in [9.17, 15) is 0 Å². The number of thioether (sulfide) groups is 1. The van der Waals surface area contributed by atoms with Gasteiger partial charge >= 0.3 is 0 Å². The summed E-state index contributed by atoms with van der Waals surface area (Å²) in [6.07, 6.45) is 1.23. The lowest BCUT2D eigenvalue weighted by atomic mass is 9.79. The van der Waals surface area contributed by atoms with Gasteiger partial charge < -0.3 is 5.73 Å². The summed E-state index contributed by atoms with van der Waals surface area (Å²) < 4.78 is 0. The van der Waals surface area contributed by atoms with Crippen LogP contribution in [0.1, 0.15) is 22.6 Å². The van der Waals surface area contributed by atoms with E-state index in [0.29, 0.717) is 5.92 Å². The highest BCUT2D eigenvalue weighted by Crippen LogP contribution is 2.39. The molecule has 1 nitrogen and oxygen atoms in total. The van der Waals surface area contributed by atoms with Gasteiger partial charge in [-0.05, 0) is 48.1 Å². The maximum Gasteiger partial charge on any atom is 0.0325 e. The first-order valence-electron chi connectivity index (χ1n) is 6.31. The van der Waals surface area contributed by atoms with Crippen LogP contribution in [0.3, 0.4) is 0 Å². The second kappa shape index (κ2) is 4.69. The molecular weight excluding hydrogens is 238 g/mol. The molecule has 0 aromatic heterocycles. The largest absolute Gasteiger partial charge is 0.399 e. The molecule has 0 bridgehead atoms. The Morgan fingerprint density at radius 2 is 2.06 bits per heavy atom. The molecule has 18 heavy (non-hydrogen) atoms. The highest BCUT2D eigenvalue weighted by atomic mass is 32.2. The molecule has 1 aliphatic carbocycles. The van der Waals surface area contributed by atoms with Gasteiger partial charge in [0, 0.05) is 16.3 Å². The molecule has 2 heteroatoms. The van der Waals surface area contributed by atoms with Gasteiger partial charge in [0.15, 0.2) is 0 Å². The Hall–Kier alpha value is -1.41. The maximum absolute atomic E-state index is 5.84. The molecule has 0 radical (unpaired) electrons. The Bertz CT molecular complexity index is 577. The fourth-order valence-electron chi connectivity index (χ4n) is 2.47. The molecule has 92 valence electrons. The Kier molecular flexibility index (Phi) is 3.04. The quantitative estimate of drug-likeness (QED) is 0.662. The molecule has 0 spiro atoms. The maximum atomic E-state index is 5.84. The first kappa shape index (κ1) is 11.7. The molecule has 2 N–H and O–H groups in total. The summed E-state index contributed by atoms with van der Waals surface area (Å²) in [5.41, 5.74) is 11.1. The van der Waals surface area contributed by atoms with E-state index in [1.165, 1.54) is 28.0 Å². The van der Waals surface area contributed by atoms with Crippen molar-refractivity contribution in [3.8, 4) is 0 Å². The molecular formula is C16H17NS. The van der Waals surface area contributed by atoms with Crippen molar-refractivity contribution in [2.24, 2.45) is 0 Å². The van der Waals surface area contributed by atoms with Crippen molar-refractivity contribution >= 4 is 17.4 Å². The molecule has 2 aromatic rings. The number of fused-ring (bicyclic) bond motifs is 1. The van der Waals surface area contributed by atoms with Crippen LogP contribution in [0.25, 0.3) is 0 Å². The first-order chi connectivity index (χ1) is 8.74. The molecule has 0 saturated heterocycles. The summed E-state index contributed by atoms with van der Waals surface area (Å²) in [7, 11) is 0. The predicted molar refractivity (Wildman–Crippen MR) is 79.2 cm³/mol. The van der Waals surface area contributed by atoms with Crippen LogP contribution in [0, 0.1) is 6.92 Å². The molecule has 3 rings (SSSR count). The van der Waals surface area contributed by atoms with Crippen molar-refractivity contribution in [1.29, 1.82) is 0 Å². The molecule has 2 aromatic carbocycles. The second-order valence-corrected chi connectivity index (χ2v) is 6.00. The van der Waals surface area contributed by atoms with Crippen LogP contribution in [0.4, 0.5) is 5.69 Å². The van der Waals surface area contributed by atoms with E-state index < -0.39 is 0 Å². The topological polar surface area (TPSA) is 26.0 Å². The minimum absolute atomic E-state index is 0.715. The van der Waals surface area contributed by atoms with Crippen LogP contribution in [0.2, 0.25) is 0 Å². The average molecular weight is 255 g/mol. The Morgan fingerprint density at radius 3 is 2.89 bits per heavy atom. The Morgan fingerprint density at radius 1 is 1.22 bits per heavy atom. The van der Waals surface area contributed by atoms with Gasteiger partial charge in [0.05, 0.1) is 0 Å². The fraction of sp³-hybridized carbons (Fsp3) is 0.250. The van der Waals surface area contributed by atoms with Gasteiger partial charge in [-0.1, -0.05) is 30.3 Å². The third-order valence-corrected chi connectivity index (χ3v) is 4.93. The Labute approximate surface area is 112 Å². The summed E-state index contributed by atoms with van der Waals surface area (Å²) in [5.74, 6) is 1.87. The first-order valence-corrected chi connectivity index (χ1v) is 7.29. The van der Waals surface area contributed by atoms with E-state index in [4.69, 9.17) is 5.73 Å². The zero-order chi connectivity index (χ0) is 12.5. The second-order valence-electron chi connectivity index (χ2n) is 4.94. The number of anilines is 1. The van der Waals surface area contributed by atoms with Crippen molar-refractivity contribution in [3.05, 3.63) is 59.2 Å². The van der Waals surface area contributed by atoms with Crippen LogP contribution in [-0.2, 0) is 6.42 Å². The van der Waals surface area contributed by atoms with E-state index in [2.05, 4.69) is 43.3 Å². The van der Waals surface area contributed by atoms with E-state index in [1.54, 1.807) is 0 Å². The van der Waals surface area contributed by atoms with Gasteiger partial charge in [0.1, 0.15) is 0 Å². The van der Waals surface area contributed by atoms with Crippen molar-refractivity contribution in [1.82, 2.24) is 0 Å². The zero-order valence-electron chi connectivity index (χ0n) is 10.5. The number of hydrogen-bond acceptors (Lipinski definition) is 2. The van der Waals surface area contributed by atoms with Gasteiger partial charge in [-0.15, -0.1) is 11.8 Å². The Balaban J connectivity index is 1.68. The molecule has 1 aliphatic rings. The lowest BCUT2D eigenvalue weighted by Crippen LogP contribution is -2.18. The van der Waals surface area contributed by atoms with Gasteiger partial charge in [-0.25, -0.2) is 0 Å². The molecule has 0 heterocycles. The third kappa shape index (κ3) is 2.13. The highest BCUT2D eigenvalue weighted by molar-refractivity contribution is 7.99. The highest BCUT2D eigenvalue weighted by Gasteiger charge is 2.25. The van der Waals surface area contributed by atoms with Crippen LogP contribution in [0.15, 0.2) is 47.4 Å². The number of benzene rings is 2. The average Bonchev–Trinajstić information content (AvgIpc) is 2.34. The summed E-state index contributed by atoms with van der Waals surface area (Å²) in [6, 6.07) is 14.9. The van der Waals surface area contributed by atoms with Crippen molar-refractivity contribution in [2.75, 3.05) is 11.5 Å². The summed E-state index contributed by atoms with van der Waals surface area (Å²) in [4.78, 5) is 1.32. The van der Waals surface area contributed by atoms with Gasteiger partial charge in [0.25, 0.3) is 0 Å². The number of nitrogen functional groups attached to an aromatic ring is 1. The van der Waals surface area contributed by atoms with Crippen LogP contribution >= 0.6 is 11.8 Å². The van der Waals surface area contributed by atoms with Gasteiger partial charge in [0.2, 0.25) is 0 Å². The number of hydrogen-bond donors (Lipinski definition) is 1. The van der Waals surface area contributed by atoms with E-state index >= 15 is 0 Å². The third-order valence-electron chi connectivity index (χ3n) is 3.61. The van der Waals surface area contributed by atoms with Crippen molar-refractivity contribution in [3.63, 3.8) is 0 Å². The molecule has 1 unspecified atom stereocenters. The molecule has 0 aliphatic heterocycles. The number of aryl methyl sites for hydroxylation is 1. The van der Waals surface area contributed by atoms with E-state index in [0.717, 1.165) is 11.4 Å². The minimum Gasteiger partial charge on any atom is -0.399 e. The molecule has 0 fully saturated rings. The lowest BCUT2D eigenvalue weighted by Gasteiger charge is -2.29.